The molecule has 20 heavy (non-hydrogen) atoms. The summed E-state index contributed by atoms with van der Waals surface area (Å²) < 4.78 is 27.6. The molecule has 1 aromatic heterocycles. The van der Waals surface area contributed by atoms with Gasteiger partial charge >= 0.3 is 0 Å². The zero-order valence-electron chi connectivity index (χ0n) is 11.3. The molecule has 0 atom stereocenters. The van der Waals surface area contributed by atoms with Crippen LogP contribution in [0.5, 0.6) is 0 Å². The molecular weight excluding hydrogens is 258 g/mol. The summed E-state index contributed by atoms with van der Waals surface area (Å²) in [6, 6.07) is 5.65. The van der Waals surface area contributed by atoms with E-state index in [1.54, 1.807) is 31.5 Å². The zero-order chi connectivity index (χ0) is 14.1. The van der Waals surface area contributed by atoms with Crippen molar-refractivity contribution in [1.82, 2.24) is 10.3 Å². The smallest absolute Gasteiger partial charge is 0.166 e. The fourth-order valence-corrected chi connectivity index (χ4v) is 2.15. The number of hydrogen-bond donors (Lipinski definition) is 1. The van der Waals surface area contributed by atoms with Crippen molar-refractivity contribution in [3.05, 3.63) is 53.4 Å². The van der Waals surface area contributed by atoms with Gasteiger partial charge in [-0.1, -0.05) is 12.1 Å². The van der Waals surface area contributed by atoms with Crippen LogP contribution in [0.4, 0.5) is 8.78 Å². The lowest BCUT2D eigenvalue weighted by Crippen LogP contribution is -2.15. The summed E-state index contributed by atoms with van der Waals surface area (Å²) in [5.41, 5.74) is 2.16. The lowest BCUT2D eigenvalue weighted by atomic mass is 10.0. The molecule has 1 fully saturated rings. The molecule has 1 saturated carbocycles. The molecule has 1 aliphatic carbocycles. The highest BCUT2D eigenvalue weighted by molar-refractivity contribution is 5.64. The number of pyridine rings is 1. The van der Waals surface area contributed by atoms with E-state index in [4.69, 9.17) is 0 Å². The molecule has 0 bridgehead atoms. The molecule has 1 aromatic carbocycles. The molecule has 0 radical (unpaired) electrons. The largest absolute Gasteiger partial charge is 0.310 e. The summed E-state index contributed by atoms with van der Waals surface area (Å²) in [6.07, 6.45) is 5.74. The lowest BCUT2D eigenvalue weighted by molar-refractivity contribution is 0.505. The number of benzene rings is 1. The second-order valence-corrected chi connectivity index (χ2v) is 5.30. The minimum atomic E-state index is -0.806. The first-order valence-corrected chi connectivity index (χ1v) is 6.77. The SMILES string of the molecule is Cc1ccc(-c2cncc(CNC3CC3)c2)c(F)c1F. The normalized spacial score (nSPS) is 14.6. The van der Waals surface area contributed by atoms with Crippen LogP contribution in [0.1, 0.15) is 24.0 Å². The summed E-state index contributed by atoms with van der Waals surface area (Å²) in [5, 5.41) is 3.38. The Labute approximate surface area is 116 Å². The maximum atomic E-state index is 14.0. The van der Waals surface area contributed by atoms with Gasteiger partial charge in [0, 0.05) is 36.1 Å². The number of halogens is 2. The second kappa shape index (κ2) is 5.29. The molecule has 0 unspecified atom stereocenters. The van der Waals surface area contributed by atoms with E-state index in [-0.39, 0.29) is 5.56 Å². The third-order valence-corrected chi connectivity index (χ3v) is 3.55. The van der Waals surface area contributed by atoms with E-state index in [2.05, 4.69) is 10.3 Å². The predicted octanol–water partition coefficient (Wildman–Crippen LogP) is 3.59. The van der Waals surface area contributed by atoms with Crippen molar-refractivity contribution >= 4 is 0 Å². The molecule has 0 aliphatic heterocycles. The Bertz CT molecular complexity index is 636. The second-order valence-electron chi connectivity index (χ2n) is 5.30. The first kappa shape index (κ1) is 13.2. The molecule has 4 heteroatoms. The molecule has 0 spiro atoms. The van der Waals surface area contributed by atoms with Crippen LogP contribution in [-0.4, -0.2) is 11.0 Å². The van der Waals surface area contributed by atoms with Crippen molar-refractivity contribution < 1.29 is 8.78 Å². The summed E-state index contributed by atoms with van der Waals surface area (Å²) in [7, 11) is 0. The van der Waals surface area contributed by atoms with Gasteiger partial charge in [-0.3, -0.25) is 4.98 Å². The van der Waals surface area contributed by atoms with Crippen molar-refractivity contribution in [3.8, 4) is 11.1 Å². The molecule has 0 saturated heterocycles. The Morgan fingerprint density at radius 2 is 2.00 bits per heavy atom. The minimum absolute atomic E-state index is 0.258. The van der Waals surface area contributed by atoms with Crippen LogP contribution in [0.2, 0.25) is 0 Å². The summed E-state index contributed by atoms with van der Waals surface area (Å²) in [4.78, 5) is 4.12. The van der Waals surface area contributed by atoms with Crippen LogP contribution < -0.4 is 5.32 Å². The molecular formula is C16H16F2N2. The molecule has 1 aliphatic rings. The maximum Gasteiger partial charge on any atom is 0.166 e. The van der Waals surface area contributed by atoms with E-state index < -0.39 is 11.6 Å². The fraction of sp³-hybridized carbons (Fsp3) is 0.312. The minimum Gasteiger partial charge on any atom is -0.310 e. The molecule has 3 rings (SSSR count). The molecule has 1 heterocycles. The highest BCUT2D eigenvalue weighted by Crippen LogP contribution is 2.26. The van der Waals surface area contributed by atoms with Gasteiger partial charge < -0.3 is 5.32 Å². The third-order valence-electron chi connectivity index (χ3n) is 3.55. The number of hydrogen-bond acceptors (Lipinski definition) is 2. The summed E-state index contributed by atoms with van der Waals surface area (Å²) >= 11 is 0. The van der Waals surface area contributed by atoms with Crippen molar-refractivity contribution in [3.63, 3.8) is 0 Å². The summed E-state index contributed by atoms with van der Waals surface area (Å²) in [6.45, 7) is 2.26. The van der Waals surface area contributed by atoms with Gasteiger partial charge in [0.05, 0.1) is 0 Å². The third kappa shape index (κ3) is 2.70. The van der Waals surface area contributed by atoms with Gasteiger partial charge in [0.2, 0.25) is 0 Å². The van der Waals surface area contributed by atoms with E-state index in [0.717, 1.165) is 5.56 Å². The molecule has 0 amide bonds. The van der Waals surface area contributed by atoms with Crippen LogP contribution in [0.25, 0.3) is 11.1 Å². The summed E-state index contributed by atoms with van der Waals surface area (Å²) in [5.74, 6) is -1.59. The quantitative estimate of drug-likeness (QED) is 0.921. The molecule has 1 N–H and O–H groups in total. The monoisotopic (exact) mass is 274 g/mol. The van der Waals surface area contributed by atoms with Gasteiger partial charge in [0.1, 0.15) is 0 Å². The van der Waals surface area contributed by atoms with Gasteiger partial charge in [-0.15, -0.1) is 0 Å². The zero-order valence-corrected chi connectivity index (χ0v) is 11.3. The fourth-order valence-electron chi connectivity index (χ4n) is 2.15. The van der Waals surface area contributed by atoms with Gasteiger partial charge in [0.25, 0.3) is 0 Å². The Kier molecular flexibility index (Phi) is 3.49. The van der Waals surface area contributed by atoms with Crippen LogP contribution in [0.3, 0.4) is 0 Å². The average molecular weight is 274 g/mol. The maximum absolute atomic E-state index is 14.0. The first-order chi connectivity index (χ1) is 9.65. The Morgan fingerprint density at radius 3 is 2.75 bits per heavy atom. The van der Waals surface area contributed by atoms with Gasteiger partial charge in [-0.2, -0.15) is 0 Å². The predicted molar refractivity (Wildman–Crippen MR) is 74.2 cm³/mol. The van der Waals surface area contributed by atoms with Crippen molar-refractivity contribution in [2.75, 3.05) is 0 Å². The Hall–Kier alpha value is -1.81. The number of aromatic nitrogens is 1. The first-order valence-electron chi connectivity index (χ1n) is 6.77. The Balaban J connectivity index is 1.89. The molecule has 104 valence electrons. The highest BCUT2D eigenvalue weighted by atomic mass is 19.2. The number of rotatable bonds is 4. The average Bonchev–Trinajstić information content (AvgIpc) is 3.27. The van der Waals surface area contributed by atoms with E-state index in [0.29, 0.717) is 23.7 Å². The van der Waals surface area contributed by atoms with Crippen molar-refractivity contribution in [1.29, 1.82) is 0 Å². The van der Waals surface area contributed by atoms with Gasteiger partial charge in [-0.05, 0) is 37.0 Å². The van der Waals surface area contributed by atoms with E-state index in [9.17, 15) is 8.78 Å². The highest BCUT2D eigenvalue weighted by Gasteiger charge is 2.20. The van der Waals surface area contributed by atoms with E-state index >= 15 is 0 Å². The molecule has 2 nitrogen and oxygen atoms in total. The number of nitrogens with zero attached hydrogens (tertiary/aromatic N) is 1. The van der Waals surface area contributed by atoms with Crippen LogP contribution in [-0.2, 0) is 6.54 Å². The van der Waals surface area contributed by atoms with Crippen molar-refractivity contribution in [2.45, 2.75) is 32.4 Å². The van der Waals surface area contributed by atoms with Gasteiger partial charge in [0.15, 0.2) is 11.6 Å². The van der Waals surface area contributed by atoms with E-state index in [1.165, 1.54) is 12.8 Å². The van der Waals surface area contributed by atoms with Gasteiger partial charge in [-0.25, -0.2) is 8.78 Å². The van der Waals surface area contributed by atoms with Crippen LogP contribution >= 0.6 is 0 Å². The standard InChI is InChI=1S/C16H16F2N2/c1-10-2-5-14(16(18)15(10)17)12-6-11(7-19-9-12)8-20-13-3-4-13/h2,5-7,9,13,20H,3-4,8H2,1H3. The number of aryl methyl sites for hydroxylation is 1. The molecule has 2 aromatic rings. The Morgan fingerprint density at radius 1 is 1.20 bits per heavy atom. The number of nitrogens with one attached hydrogen (secondary N) is 1. The topological polar surface area (TPSA) is 24.9 Å². The van der Waals surface area contributed by atoms with Crippen molar-refractivity contribution in [2.24, 2.45) is 0 Å². The van der Waals surface area contributed by atoms with Crippen LogP contribution in [0.15, 0.2) is 30.6 Å². The van der Waals surface area contributed by atoms with E-state index in [1.807, 2.05) is 6.07 Å². The lowest BCUT2D eigenvalue weighted by Gasteiger charge is -2.08. The van der Waals surface area contributed by atoms with Crippen LogP contribution in [0, 0.1) is 18.6 Å².